The zero-order chi connectivity index (χ0) is 20.5. The van der Waals surface area contributed by atoms with Gasteiger partial charge >= 0.3 is 6.18 Å². The summed E-state index contributed by atoms with van der Waals surface area (Å²) in [6, 6.07) is -0.823. The molecule has 6 atom stereocenters. The number of halogens is 3. The van der Waals surface area contributed by atoms with Crippen molar-refractivity contribution in [1.82, 2.24) is 9.80 Å². The van der Waals surface area contributed by atoms with Gasteiger partial charge in [0.15, 0.2) is 11.3 Å². The molecule has 8 nitrogen and oxygen atoms in total. The van der Waals surface area contributed by atoms with E-state index in [-0.39, 0.29) is 6.61 Å². The van der Waals surface area contributed by atoms with E-state index in [1.165, 1.54) is 0 Å². The molecule has 2 fully saturated rings. The number of amidine groups is 1. The zero-order valence-corrected chi connectivity index (χ0v) is 16.5. The van der Waals surface area contributed by atoms with Gasteiger partial charge in [-0.1, -0.05) is 11.8 Å². The van der Waals surface area contributed by atoms with Gasteiger partial charge in [0.25, 0.3) is 0 Å². The Balaban J connectivity index is 1.65. The molecule has 0 aromatic carbocycles. The third kappa shape index (κ3) is 4.91. The summed E-state index contributed by atoms with van der Waals surface area (Å²) in [5.74, 6) is 0. The number of hydrogen-bond acceptors (Lipinski definition) is 9. The van der Waals surface area contributed by atoms with Crippen LogP contribution >= 0.6 is 11.8 Å². The molecule has 2 N–H and O–H groups in total. The first-order valence-electron chi connectivity index (χ1n) is 9.10. The van der Waals surface area contributed by atoms with Gasteiger partial charge in [-0.3, -0.25) is 9.89 Å². The van der Waals surface area contributed by atoms with E-state index in [1.807, 2.05) is 4.90 Å². The van der Waals surface area contributed by atoms with Gasteiger partial charge in [0.1, 0.15) is 29.8 Å². The maximum Gasteiger partial charge on any atom is 0.417 e. The topological polar surface area (TPSA) is 87.0 Å². The molecule has 3 rings (SSSR count). The molecular weight excluding hydrogens is 403 g/mol. The minimum Gasteiger partial charge on any atom is -0.388 e. The van der Waals surface area contributed by atoms with E-state index in [9.17, 15) is 23.4 Å². The SMILES string of the molecule is CN(C)C1=N[C@@H]2[C@@H](O)[C@H](O)[C@@H]([C@@H](OCCN3CCOCC3)C(F)(F)F)O[C@@H]2S1. The predicted octanol–water partition coefficient (Wildman–Crippen LogP) is -0.254. The standard InChI is InChI=1S/C16H26F3N3O5S/c1-21(2)15-20-9-10(23)11(24)12(27-14(9)28-15)13(16(17,18)19)26-8-5-22-3-6-25-7-4-22/h9-14,23-24H,3-8H2,1-2H3/t9-,10-,11+,12+,13-,14-/m1/s1. The van der Waals surface area contributed by atoms with E-state index in [0.717, 1.165) is 11.8 Å². The highest BCUT2D eigenvalue weighted by molar-refractivity contribution is 8.14. The highest BCUT2D eigenvalue weighted by Crippen LogP contribution is 2.40. The molecule has 28 heavy (non-hydrogen) atoms. The molecule has 3 heterocycles. The van der Waals surface area contributed by atoms with Gasteiger partial charge in [0.05, 0.1) is 19.8 Å². The highest BCUT2D eigenvalue weighted by Gasteiger charge is 2.57. The van der Waals surface area contributed by atoms with Crippen LogP contribution in [-0.4, -0.2) is 121 Å². The van der Waals surface area contributed by atoms with E-state index in [4.69, 9.17) is 14.2 Å². The molecule has 0 aromatic heterocycles. The van der Waals surface area contributed by atoms with Crippen LogP contribution in [0.25, 0.3) is 0 Å². The largest absolute Gasteiger partial charge is 0.417 e. The molecule has 0 aliphatic carbocycles. The average Bonchev–Trinajstić information content (AvgIpc) is 3.07. The Morgan fingerprint density at radius 3 is 2.57 bits per heavy atom. The second-order valence-electron chi connectivity index (χ2n) is 7.15. The van der Waals surface area contributed by atoms with Crippen LogP contribution in [0.1, 0.15) is 0 Å². The van der Waals surface area contributed by atoms with Crippen LogP contribution in [0.3, 0.4) is 0 Å². The molecular formula is C16H26F3N3O5S. The Kier molecular flexibility index (Phi) is 7.11. The second-order valence-corrected chi connectivity index (χ2v) is 8.22. The number of morpholine rings is 1. The van der Waals surface area contributed by atoms with Crippen molar-refractivity contribution in [2.45, 2.75) is 42.1 Å². The minimum atomic E-state index is -4.75. The zero-order valence-electron chi connectivity index (χ0n) is 15.7. The Labute approximate surface area is 165 Å². The van der Waals surface area contributed by atoms with Crippen molar-refractivity contribution < 1.29 is 37.6 Å². The van der Waals surface area contributed by atoms with Crippen molar-refractivity contribution in [1.29, 1.82) is 0 Å². The smallest absolute Gasteiger partial charge is 0.388 e. The number of alkyl halides is 3. The molecule has 3 aliphatic heterocycles. The Bertz CT molecular complexity index is 562. The van der Waals surface area contributed by atoms with E-state index in [1.54, 1.807) is 19.0 Å². The maximum atomic E-state index is 13.6. The van der Waals surface area contributed by atoms with Crippen LogP contribution in [0.5, 0.6) is 0 Å². The van der Waals surface area contributed by atoms with Crippen LogP contribution in [0.4, 0.5) is 13.2 Å². The van der Waals surface area contributed by atoms with Gasteiger partial charge in [0, 0.05) is 33.7 Å². The fraction of sp³-hybridized carbons (Fsp3) is 0.938. The van der Waals surface area contributed by atoms with Crippen molar-refractivity contribution in [3.8, 4) is 0 Å². The third-order valence-electron chi connectivity index (χ3n) is 4.90. The number of aliphatic hydroxyl groups is 2. The number of ether oxygens (including phenoxy) is 3. The van der Waals surface area contributed by atoms with Crippen LogP contribution in [0.15, 0.2) is 4.99 Å². The summed E-state index contributed by atoms with van der Waals surface area (Å²) in [4.78, 5) is 7.88. The summed E-state index contributed by atoms with van der Waals surface area (Å²) in [5, 5.41) is 21.2. The Hall–Kier alpha value is -0.630. The molecule has 162 valence electrons. The van der Waals surface area contributed by atoms with E-state index in [0.29, 0.717) is 38.0 Å². The van der Waals surface area contributed by atoms with Crippen LogP contribution in [0, 0.1) is 0 Å². The number of aliphatic imine (C=N–C) groups is 1. The molecule has 0 amide bonds. The monoisotopic (exact) mass is 429 g/mol. The summed E-state index contributed by atoms with van der Waals surface area (Å²) in [6.07, 6.45) is -12.1. The normalized spacial score (nSPS) is 35.4. The van der Waals surface area contributed by atoms with Crippen molar-refractivity contribution in [2.24, 2.45) is 4.99 Å². The Morgan fingerprint density at radius 1 is 1.29 bits per heavy atom. The molecule has 0 unspecified atom stereocenters. The average molecular weight is 429 g/mol. The van der Waals surface area contributed by atoms with Crippen molar-refractivity contribution in [3.63, 3.8) is 0 Å². The first-order valence-corrected chi connectivity index (χ1v) is 9.98. The molecule has 2 saturated heterocycles. The number of hydrogen-bond donors (Lipinski definition) is 2. The lowest BCUT2D eigenvalue weighted by Crippen LogP contribution is -2.61. The van der Waals surface area contributed by atoms with E-state index >= 15 is 0 Å². The van der Waals surface area contributed by atoms with Crippen LogP contribution < -0.4 is 0 Å². The third-order valence-corrected chi connectivity index (χ3v) is 6.20. The molecule has 0 aromatic rings. The molecule has 12 heteroatoms. The number of fused-ring (bicyclic) bond motifs is 1. The molecule has 0 saturated carbocycles. The quantitative estimate of drug-likeness (QED) is 0.619. The number of aliphatic hydroxyl groups excluding tert-OH is 2. The summed E-state index contributed by atoms with van der Waals surface area (Å²) in [6.45, 7) is 2.48. The predicted molar refractivity (Wildman–Crippen MR) is 96.2 cm³/mol. The van der Waals surface area contributed by atoms with E-state index < -0.39 is 42.1 Å². The maximum absolute atomic E-state index is 13.6. The molecule has 0 radical (unpaired) electrons. The fourth-order valence-electron chi connectivity index (χ4n) is 3.35. The highest BCUT2D eigenvalue weighted by atomic mass is 32.2. The fourth-order valence-corrected chi connectivity index (χ4v) is 4.50. The Morgan fingerprint density at radius 2 is 1.96 bits per heavy atom. The van der Waals surface area contributed by atoms with Gasteiger partial charge in [-0.05, 0) is 0 Å². The van der Waals surface area contributed by atoms with Gasteiger partial charge in [-0.15, -0.1) is 0 Å². The lowest BCUT2D eigenvalue weighted by atomic mass is 9.94. The number of nitrogens with zero attached hydrogens (tertiary/aromatic N) is 3. The molecule has 0 spiro atoms. The summed E-state index contributed by atoms with van der Waals surface area (Å²) in [7, 11) is 3.47. The van der Waals surface area contributed by atoms with Gasteiger partial charge < -0.3 is 29.3 Å². The molecule has 3 aliphatic rings. The van der Waals surface area contributed by atoms with Crippen molar-refractivity contribution in [3.05, 3.63) is 0 Å². The van der Waals surface area contributed by atoms with Crippen LogP contribution in [-0.2, 0) is 14.2 Å². The van der Waals surface area contributed by atoms with Gasteiger partial charge in [0.2, 0.25) is 0 Å². The van der Waals surface area contributed by atoms with E-state index in [2.05, 4.69) is 4.99 Å². The second kappa shape index (κ2) is 9.02. The summed E-state index contributed by atoms with van der Waals surface area (Å²) < 4.78 is 56.8. The minimum absolute atomic E-state index is 0.173. The lowest BCUT2D eigenvalue weighted by molar-refractivity contribution is -0.284. The first-order chi connectivity index (χ1) is 13.2. The van der Waals surface area contributed by atoms with Gasteiger partial charge in [-0.25, -0.2) is 0 Å². The first kappa shape index (κ1) is 22.1. The van der Waals surface area contributed by atoms with Gasteiger partial charge in [-0.2, -0.15) is 13.2 Å². The summed E-state index contributed by atoms with van der Waals surface area (Å²) >= 11 is 1.12. The lowest BCUT2D eigenvalue weighted by Gasteiger charge is -2.42. The van der Waals surface area contributed by atoms with Crippen molar-refractivity contribution >= 4 is 16.9 Å². The number of rotatable bonds is 5. The summed E-state index contributed by atoms with van der Waals surface area (Å²) in [5.41, 5.74) is -0.812. The van der Waals surface area contributed by atoms with Crippen molar-refractivity contribution in [2.75, 3.05) is 53.6 Å². The van der Waals surface area contributed by atoms with Crippen LogP contribution in [0.2, 0.25) is 0 Å². The number of thioether (sulfide) groups is 1. The molecule has 0 bridgehead atoms.